The summed E-state index contributed by atoms with van der Waals surface area (Å²) >= 11 is 0. The second kappa shape index (κ2) is 109. The third kappa shape index (κ3) is 59.9. The molecule has 0 saturated heterocycles. The van der Waals surface area contributed by atoms with Crippen molar-refractivity contribution in [2.24, 2.45) is 0 Å². The Labute approximate surface area is 67.8 Å². The third-order valence-corrected chi connectivity index (χ3v) is 0. The molecule has 0 fully saturated rings. The maximum atomic E-state index is 0. The van der Waals surface area contributed by atoms with Crippen LogP contribution >= 0.6 is 12.4 Å². The van der Waals surface area contributed by atoms with Gasteiger partial charge in [0.15, 0.2) is 0 Å². The number of halogens is 1. The standard InChI is InChI=1S/4BH3.ClH.Ti/h4*1H3;1H;. The van der Waals surface area contributed by atoms with Crippen LogP contribution in [0.2, 0.25) is 0 Å². The van der Waals surface area contributed by atoms with Crippen LogP contribution in [0.25, 0.3) is 0 Å². The molecule has 0 aromatic carbocycles. The van der Waals surface area contributed by atoms with Crippen molar-refractivity contribution >= 4 is 46.1 Å². The second-order valence-electron chi connectivity index (χ2n) is 0. The number of rotatable bonds is 0. The Bertz CT molecular complexity index is 7.51. The average molecular weight is 140 g/mol. The minimum Gasteiger partial charge on any atom is -0.147 e. The molecular weight excluding hydrogens is 127 g/mol. The molecule has 0 heterocycles. The van der Waals surface area contributed by atoms with Crippen LogP contribution in [-0.4, -0.2) is 33.7 Å². The molecule has 6 heavy (non-hydrogen) atoms. The first-order chi connectivity index (χ1) is 0. The molecule has 0 spiro atoms. The molecular formula is H13B4ClTi. The molecule has 0 aromatic rings. The van der Waals surface area contributed by atoms with Gasteiger partial charge in [-0.25, -0.2) is 0 Å². The van der Waals surface area contributed by atoms with E-state index in [1.165, 1.54) is 0 Å². The third-order valence-electron chi connectivity index (χ3n) is 0. The van der Waals surface area contributed by atoms with Gasteiger partial charge in [0.25, 0.3) is 0 Å². The molecule has 0 aromatic heterocycles. The largest absolute Gasteiger partial charge is 0.147 e. The van der Waals surface area contributed by atoms with Gasteiger partial charge < -0.3 is 0 Å². The van der Waals surface area contributed by atoms with Gasteiger partial charge in [0.2, 0.25) is 0 Å². The fraction of sp³-hybridized carbons (Fsp3) is 0. The van der Waals surface area contributed by atoms with E-state index in [1.807, 2.05) is 0 Å². The van der Waals surface area contributed by atoms with Crippen molar-refractivity contribution in [2.75, 3.05) is 0 Å². The van der Waals surface area contributed by atoms with Gasteiger partial charge in [-0.05, 0) is 0 Å². The first-order valence-electron chi connectivity index (χ1n) is 0. The SMILES string of the molecule is B.B.B.B.Cl.[Ti]. The zero-order valence-corrected chi connectivity index (χ0v) is 3.29. The van der Waals surface area contributed by atoms with E-state index >= 15 is 0 Å². The van der Waals surface area contributed by atoms with E-state index in [-0.39, 0.29) is 67.8 Å². The fourth-order valence-corrected chi connectivity index (χ4v) is 0. The van der Waals surface area contributed by atoms with Gasteiger partial charge in [-0.3, -0.25) is 0 Å². The van der Waals surface area contributed by atoms with Crippen molar-refractivity contribution in [3.05, 3.63) is 0 Å². The Kier molecular flexibility index (Phi) is 3230. The minimum atomic E-state index is 0. The number of hydrogen-bond donors (Lipinski definition) is 0. The van der Waals surface area contributed by atoms with Crippen LogP contribution in [-0.2, 0) is 21.7 Å². The van der Waals surface area contributed by atoms with Gasteiger partial charge in [0, 0.05) is 21.7 Å². The molecule has 0 bridgehead atoms. The summed E-state index contributed by atoms with van der Waals surface area (Å²) in [4.78, 5) is 0. The maximum Gasteiger partial charge on any atom is 0.0814 e. The molecule has 0 unspecified atom stereocenters. The molecule has 0 aliphatic rings. The maximum absolute atomic E-state index is 0. The monoisotopic (exact) mass is 140 g/mol. The molecule has 0 saturated carbocycles. The Hall–Kier alpha value is 1.26. The molecule has 6 heteroatoms. The molecule has 0 atom stereocenters. The van der Waals surface area contributed by atoms with Gasteiger partial charge >= 0.3 is 0 Å². The first kappa shape index (κ1) is 178. The van der Waals surface area contributed by atoms with E-state index in [0.717, 1.165) is 0 Å². The normalized spacial score (nSPS) is 0. The first-order valence-corrected chi connectivity index (χ1v) is 0. The van der Waals surface area contributed by atoms with Crippen molar-refractivity contribution in [3.63, 3.8) is 0 Å². The van der Waals surface area contributed by atoms with Crippen molar-refractivity contribution in [1.82, 2.24) is 0 Å². The van der Waals surface area contributed by atoms with Gasteiger partial charge in [-0.15, -0.1) is 12.4 Å². The van der Waals surface area contributed by atoms with E-state index in [1.54, 1.807) is 0 Å². The van der Waals surface area contributed by atoms with E-state index in [4.69, 9.17) is 0 Å². The molecule has 0 nitrogen and oxygen atoms in total. The molecule has 0 rings (SSSR count). The van der Waals surface area contributed by atoms with Crippen molar-refractivity contribution in [3.8, 4) is 0 Å². The molecule has 0 aliphatic heterocycles. The van der Waals surface area contributed by atoms with Crippen molar-refractivity contribution in [1.29, 1.82) is 0 Å². The summed E-state index contributed by atoms with van der Waals surface area (Å²) in [7, 11) is 0. The van der Waals surface area contributed by atoms with Gasteiger partial charge in [-0.2, -0.15) is 0 Å². The summed E-state index contributed by atoms with van der Waals surface area (Å²) in [5.41, 5.74) is 0. The van der Waals surface area contributed by atoms with Crippen LogP contribution in [0.5, 0.6) is 0 Å². The smallest absolute Gasteiger partial charge is 0.0814 e. The van der Waals surface area contributed by atoms with Crippen LogP contribution in [0.4, 0.5) is 0 Å². The Morgan fingerprint density at radius 2 is 0.500 bits per heavy atom. The van der Waals surface area contributed by atoms with Crippen LogP contribution in [0.15, 0.2) is 0 Å². The molecule has 0 N–H and O–H groups in total. The summed E-state index contributed by atoms with van der Waals surface area (Å²) in [6.45, 7) is 0. The summed E-state index contributed by atoms with van der Waals surface area (Å²) in [5.74, 6) is 0. The fourth-order valence-electron chi connectivity index (χ4n) is 0. The van der Waals surface area contributed by atoms with Crippen molar-refractivity contribution < 1.29 is 21.7 Å². The average Bonchev–Trinajstić information content (AvgIpc) is 0. The van der Waals surface area contributed by atoms with E-state index < -0.39 is 0 Å². The summed E-state index contributed by atoms with van der Waals surface area (Å²) < 4.78 is 0. The Balaban J connectivity index is 0. The topological polar surface area (TPSA) is 0 Å². The summed E-state index contributed by atoms with van der Waals surface area (Å²) in [6.07, 6.45) is 0. The summed E-state index contributed by atoms with van der Waals surface area (Å²) in [5, 5.41) is 0. The Morgan fingerprint density at radius 3 is 0.500 bits per heavy atom. The minimum absolute atomic E-state index is 0. The zero-order chi connectivity index (χ0) is 0. The predicted molar refractivity (Wildman–Crippen MR) is 47.0 cm³/mol. The number of hydrogen-bond acceptors (Lipinski definition) is 0. The van der Waals surface area contributed by atoms with Crippen molar-refractivity contribution in [2.45, 2.75) is 0 Å². The molecule has 0 radical (unpaired) electrons. The van der Waals surface area contributed by atoms with Gasteiger partial charge in [-0.1, -0.05) is 0 Å². The van der Waals surface area contributed by atoms with Crippen LogP contribution in [0.3, 0.4) is 0 Å². The van der Waals surface area contributed by atoms with Gasteiger partial charge in [0.1, 0.15) is 0 Å². The molecule has 0 aliphatic carbocycles. The van der Waals surface area contributed by atoms with Crippen LogP contribution in [0.1, 0.15) is 0 Å². The van der Waals surface area contributed by atoms with Gasteiger partial charge in [0.05, 0.1) is 33.7 Å². The Morgan fingerprint density at radius 1 is 0.500 bits per heavy atom. The molecule has 36 valence electrons. The van der Waals surface area contributed by atoms with Crippen LogP contribution < -0.4 is 0 Å². The quantitative estimate of drug-likeness (QED) is 0.298. The van der Waals surface area contributed by atoms with Crippen LogP contribution in [0, 0.1) is 0 Å². The summed E-state index contributed by atoms with van der Waals surface area (Å²) in [6, 6.07) is 0. The predicted octanol–water partition coefficient (Wildman–Crippen LogP) is -4.32. The van der Waals surface area contributed by atoms with E-state index in [9.17, 15) is 0 Å². The second-order valence-corrected chi connectivity index (χ2v) is 0. The van der Waals surface area contributed by atoms with E-state index in [2.05, 4.69) is 0 Å². The zero-order valence-electron chi connectivity index (χ0n) is 0.908. The molecule has 0 amide bonds. The van der Waals surface area contributed by atoms with E-state index in [0.29, 0.717) is 0 Å².